The van der Waals surface area contributed by atoms with Gasteiger partial charge in [-0.25, -0.2) is 20.0 Å². The molecule has 9 rings (SSSR count). The molecule has 0 N–H and O–H groups in total. The average Bonchev–Trinajstić information content (AvgIpc) is 3.99. The zero-order chi connectivity index (χ0) is 35.3. The van der Waals surface area contributed by atoms with E-state index in [1.165, 1.54) is 20.3 Å². The third-order valence-corrected chi connectivity index (χ3v) is 10.5. The summed E-state index contributed by atoms with van der Waals surface area (Å²) in [5.74, 6) is 0. The molecule has 4 aromatic carbocycles. The minimum atomic E-state index is 0.863. The van der Waals surface area contributed by atoms with Crippen LogP contribution in [-0.4, -0.2) is 22.8 Å². The van der Waals surface area contributed by atoms with Crippen molar-refractivity contribution in [2.75, 3.05) is 0 Å². The first-order valence-corrected chi connectivity index (χ1v) is 18.5. The number of nitrogens with zero attached hydrogens (tertiary/aromatic N) is 4. The normalized spacial score (nSPS) is 17.5. The van der Waals surface area contributed by atoms with Crippen molar-refractivity contribution in [1.29, 1.82) is 0 Å². The fourth-order valence-electron chi connectivity index (χ4n) is 7.05. The van der Waals surface area contributed by atoms with E-state index in [2.05, 4.69) is 189 Å². The van der Waals surface area contributed by atoms with E-state index < -0.39 is 0 Å². The Bertz CT molecular complexity index is 2210. The van der Waals surface area contributed by atoms with Crippen LogP contribution in [-0.2, 0) is 0 Å². The van der Waals surface area contributed by atoms with E-state index in [0.29, 0.717) is 0 Å². The molecule has 8 bridgehead atoms. The van der Waals surface area contributed by atoms with Crippen molar-refractivity contribution < 1.29 is 0 Å². The lowest BCUT2D eigenvalue weighted by atomic mass is 9.97. The smallest absolute Gasteiger partial charge is 0.0738 e. The third-order valence-electron chi connectivity index (χ3n) is 9.76. The van der Waals surface area contributed by atoms with Crippen LogP contribution in [0.15, 0.2) is 188 Å². The van der Waals surface area contributed by atoms with Crippen molar-refractivity contribution in [1.82, 2.24) is 0 Å². The second-order valence-electron chi connectivity index (χ2n) is 13.5. The monoisotopic (exact) mass is 780 g/mol. The quantitative estimate of drug-likeness (QED) is 0.185. The molecule has 4 aromatic rings. The number of hydrogen-bond acceptors (Lipinski definition) is 4. The van der Waals surface area contributed by atoms with E-state index in [9.17, 15) is 0 Å². The van der Waals surface area contributed by atoms with Crippen LogP contribution in [0.4, 0.5) is 0 Å². The summed E-state index contributed by atoms with van der Waals surface area (Å²) in [6.07, 6.45) is 16.9. The molecule has 0 fully saturated rings. The molecule has 0 amide bonds. The molecule has 5 heteroatoms. The lowest BCUT2D eigenvalue weighted by molar-refractivity contribution is 1.39. The predicted molar refractivity (Wildman–Crippen MR) is 227 cm³/mol. The second kappa shape index (κ2) is 13.1. The first-order valence-electron chi connectivity index (χ1n) is 17.4. The van der Waals surface area contributed by atoms with Gasteiger partial charge in [-0.15, -0.1) is 0 Å². The Morgan fingerprint density at radius 3 is 0.788 bits per heavy atom. The molecule has 5 heterocycles. The van der Waals surface area contributed by atoms with Gasteiger partial charge >= 0.3 is 0 Å². The maximum atomic E-state index is 5.37. The topological polar surface area (TPSA) is 49.4 Å². The number of hydrogen-bond donors (Lipinski definition) is 0. The predicted octanol–water partition coefficient (Wildman–Crippen LogP) is 11.2. The summed E-state index contributed by atoms with van der Waals surface area (Å²) in [6.45, 7) is 6.33. The van der Waals surface area contributed by atoms with Gasteiger partial charge in [0.15, 0.2) is 0 Å². The van der Waals surface area contributed by atoms with Crippen molar-refractivity contribution in [3.63, 3.8) is 0 Å². The highest BCUT2D eigenvalue weighted by molar-refractivity contribution is 14.1. The van der Waals surface area contributed by atoms with Crippen LogP contribution in [0.5, 0.6) is 0 Å². The minimum Gasteiger partial charge on any atom is -0.248 e. The third kappa shape index (κ3) is 5.91. The molecule has 0 aliphatic carbocycles. The van der Waals surface area contributed by atoms with Gasteiger partial charge in [-0.2, -0.15) is 0 Å². The summed E-state index contributed by atoms with van der Waals surface area (Å²) in [4.78, 5) is 21.5. The van der Waals surface area contributed by atoms with E-state index in [-0.39, 0.29) is 0 Å². The number of aliphatic imine (C=N–C) groups is 4. The van der Waals surface area contributed by atoms with Gasteiger partial charge in [0.25, 0.3) is 0 Å². The molecular weight excluding hydrogens is 747 g/mol. The lowest BCUT2D eigenvalue weighted by Crippen LogP contribution is -2.04. The molecule has 52 heavy (non-hydrogen) atoms. The number of rotatable bonds is 4. The molecule has 0 atom stereocenters. The summed E-state index contributed by atoms with van der Waals surface area (Å²) in [7, 11) is 0. The summed E-state index contributed by atoms with van der Waals surface area (Å²) in [6, 6.07) is 34.5. The van der Waals surface area contributed by atoms with Crippen molar-refractivity contribution in [3.8, 4) is 0 Å². The van der Waals surface area contributed by atoms with E-state index in [4.69, 9.17) is 20.0 Å². The van der Waals surface area contributed by atoms with Gasteiger partial charge in [0.1, 0.15) is 0 Å². The van der Waals surface area contributed by atoms with Crippen molar-refractivity contribution >= 4 is 67.7 Å². The van der Waals surface area contributed by atoms with E-state index in [0.717, 1.165) is 90.2 Å². The molecule has 0 radical (unpaired) electrons. The summed E-state index contributed by atoms with van der Waals surface area (Å²) >= 11 is 2.35. The van der Waals surface area contributed by atoms with Gasteiger partial charge in [0.05, 0.1) is 45.6 Å². The fraction of sp³-hybridized carbons (Fsp3) is 0.0638. The Balaban J connectivity index is 1.36. The average molecular weight is 781 g/mol. The van der Waals surface area contributed by atoms with Gasteiger partial charge in [-0.1, -0.05) is 102 Å². The molecule has 248 valence electrons. The SMILES string of the molecule is Cc1ccc(C2=C3C=CC(=N3)C(c3ccc(C)cc3)=C3C=CC(=N3)C(c3ccc(I)cc3)=C3C=CC(=N3)C(c3ccc(C)cc3)=C3C=CC2=N3)cc1. The highest BCUT2D eigenvalue weighted by Crippen LogP contribution is 2.38. The van der Waals surface area contributed by atoms with Crippen LogP contribution in [0.1, 0.15) is 38.9 Å². The van der Waals surface area contributed by atoms with Crippen LogP contribution >= 0.6 is 22.6 Å². The first kappa shape index (κ1) is 32.1. The Morgan fingerprint density at radius 1 is 0.308 bits per heavy atom. The Labute approximate surface area is 317 Å². The van der Waals surface area contributed by atoms with Gasteiger partial charge < -0.3 is 0 Å². The largest absolute Gasteiger partial charge is 0.248 e. The highest BCUT2D eigenvalue weighted by Gasteiger charge is 2.27. The highest BCUT2D eigenvalue weighted by atomic mass is 127. The fourth-order valence-corrected chi connectivity index (χ4v) is 7.41. The molecule has 4 nitrogen and oxygen atoms in total. The summed E-state index contributed by atoms with van der Waals surface area (Å²) < 4.78 is 1.17. The van der Waals surface area contributed by atoms with Crippen molar-refractivity contribution in [2.45, 2.75) is 20.8 Å². The minimum absolute atomic E-state index is 0.863. The number of halogens is 1. The lowest BCUT2D eigenvalue weighted by Gasteiger charge is -2.13. The summed E-state index contributed by atoms with van der Waals surface area (Å²) in [5, 5.41) is 0. The van der Waals surface area contributed by atoms with E-state index in [1.807, 2.05) is 0 Å². The molecule has 5 aliphatic heterocycles. The van der Waals surface area contributed by atoms with Crippen molar-refractivity contribution in [3.05, 3.63) is 211 Å². The summed E-state index contributed by atoms with van der Waals surface area (Å²) in [5.41, 5.74) is 18.7. The van der Waals surface area contributed by atoms with Gasteiger partial charge in [0, 0.05) is 25.9 Å². The maximum absolute atomic E-state index is 5.37. The van der Waals surface area contributed by atoms with Crippen molar-refractivity contribution in [2.24, 2.45) is 20.0 Å². The molecule has 0 spiro atoms. The number of aryl methyl sites for hydroxylation is 3. The molecule has 0 saturated heterocycles. The van der Waals surface area contributed by atoms with Crippen LogP contribution in [0.3, 0.4) is 0 Å². The molecule has 0 saturated carbocycles. The van der Waals surface area contributed by atoms with Crippen LogP contribution in [0, 0.1) is 24.3 Å². The molecular formula is C47H33IN4. The van der Waals surface area contributed by atoms with Crippen LogP contribution in [0.2, 0.25) is 0 Å². The Hall–Kier alpha value is -5.79. The van der Waals surface area contributed by atoms with E-state index >= 15 is 0 Å². The zero-order valence-corrected chi connectivity index (χ0v) is 31.2. The Kier molecular flexibility index (Phi) is 8.08. The van der Waals surface area contributed by atoms with Gasteiger partial charge in [-0.05, 0) is 126 Å². The standard InChI is InChI=1S/C47H33IN4/c1-28-4-10-31(11-5-28)44-36-20-22-38(49-36)45(32-12-6-29(2)7-13-32)40-24-26-42(51-40)47(34-16-18-35(48)19-17-34)43-27-25-41(52-43)46(39-23-21-37(44)50-39)33-14-8-30(3)9-15-33/h4-27H,1-3H3. The van der Waals surface area contributed by atoms with Crippen LogP contribution < -0.4 is 0 Å². The maximum Gasteiger partial charge on any atom is 0.0738 e. The molecule has 0 aromatic heterocycles. The van der Waals surface area contributed by atoms with E-state index in [1.54, 1.807) is 0 Å². The first-order chi connectivity index (χ1) is 25.4. The van der Waals surface area contributed by atoms with Crippen LogP contribution in [0.25, 0.3) is 22.3 Å². The zero-order valence-electron chi connectivity index (χ0n) is 29.0. The van der Waals surface area contributed by atoms with Gasteiger partial charge in [-0.3, -0.25) is 0 Å². The van der Waals surface area contributed by atoms with Gasteiger partial charge in [0.2, 0.25) is 0 Å². The number of benzene rings is 4. The second-order valence-corrected chi connectivity index (χ2v) is 14.7. The number of fused-ring (bicyclic) bond motifs is 4. The molecule has 5 aliphatic rings. The molecule has 0 unspecified atom stereocenters. The Morgan fingerprint density at radius 2 is 0.538 bits per heavy atom. The number of allylic oxidation sites excluding steroid dienone is 12.